The quantitative estimate of drug-likeness (QED) is 0.903. The summed E-state index contributed by atoms with van der Waals surface area (Å²) in [6.45, 7) is 1.86. The van der Waals surface area contributed by atoms with Gasteiger partial charge in [-0.15, -0.1) is 12.4 Å². The van der Waals surface area contributed by atoms with Crippen LogP contribution >= 0.6 is 12.4 Å². The van der Waals surface area contributed by atoms with Crippen LogP contribution in [0.4, 0.5) is 0 Å². The van der Waals surface area contributed by atoms with E-state index in [1.165, 1.54) is 0 Å². The molecule has 1 amide bonds. The van der Waals surface area contributed by atoms with Gasteiger partial charge in [-0.2, -0.15) is 0 Å². The van der Waals surface area contributed by atoms with Gasteiger partial charge in [0.1, 0.15) is 0 Å². The van der Waals surface area contributed by atoms with Crippen molar-refractivity contribution in [3.05, 3.63) is 30.2 Å². The minimum atomic E-state index is -0.201. The van der Waals surface area contributed by atoms with E-state index >= 15 is 0 Å². The number of halogens is 1. The molecule has 1 fully saturated rings. The lowest BCUT2D eigenvalue weighted by Crippen LogP contribution is -2.42. The molecular weight excluding hydrogens is 282 g/mol. The fourth-order valence-electron chi connectivity index (χ4n) is 2.14. The van der Waals surface area contributed by atoms with Crippen LogP contribution in [0.3, 0.4) is 0 Å². The molecule has 2 aromatic heterocycles. The van der Waals surface area contributed by atoms with Crippen molar-refractivity contribution in [3.63, 3.8) is 0 Å². The van der Waals surface area contributed by atoms with E-state index in [1.807, 2.05) is 0 Å². The first kappa shape index (κ1) is 14.6. The first-order chi connectivity index (χ1) is 9.33. The molecule has 1 aliphatic rings. The largest absolute Gasteiger partial charge is 0.461 e. The summed E-state index contributed by atoms with van der Waals surface area (Å²) in [6.07, 6.45) is 3.43. The zero-order valence-electron chi connectivity index (χ0n) is 10.8. The summed E-state index contributed by atoms with van der Waals surface area (Å²) in [7, 11) is 0. The van der Waals surface area contributed by atoms with Gasteiger partial charge >= 0.3 is 0 Å². The first-order valence-corrected chi connectivity index (χ1v) is 6.35. The third-order valence-corrected chi connectivity index (χ3v) is 3.18. The Kier molecular flexibility index (Phi) is 4.81. The van der Waals surface area contributed by atoms with Gasteiger partial charge in [0.15, 0.2) is 11.5 Å². The summed E-state index contributed by atoms with van der Waals surface area (Å²) in [5.41, 5.74) is 0.282. The van der Waals surface area contributed by atoms with Crippen molar-refractivity contribution in [2.75, 3.05) is 13.1 Å². The lowest BCUT2D eigenvalue weighted by Gasteiger charge is -2.23. The van der Waals surface area contributed by atoms with Crippen LogP contribution in [0, 0.1) is 0 Å². The Labute approximate surface area is 122 Å². The van der Waals surface area contributed by atoms with Gasteiger partial charge in [0, 0.05) is 12.1 Å². The van der Waals surface area contributed by atoms with Crippen LogP contribution < -0.4 is 10.6 Å². The van der Waals surface area contributed by atoms with Crippen LogP contribution in [-0.2, 0) is 0 Å². The number of nitrogens with zero attached hydrogens (tertiary/aromatic N) is 1. The number of carbonyl (C=O) groups is 1. The van der Waals surface area contributed by atoms with Crippen molar-refractivity contribution < 1.29 is 13.7 Å². The van der Waals surface area contributed by atoms with E-state index in [0.717, 1.165) is 25.9 Å². The first-order valence-electron chi connectivity index (χ1n) is 6.35. The smallest absolute Gasteiger partial charge is 0.273 e. The molecule has 0 bridgehead atoms. The van der Waals surface area contributed by atoms with E-state index in [-0.39, 0.29) is 30.0 Å². The lowest BCUT2D eigenvalue weighted by molar-refractivity contribution is 0.0920. The number of piperidine rings is 1. The fourth-order valence-corrected chi connectivity index (χ4v) is 2.14. The van der Waals surface area contributed by atoms with Gasteiger partial charge in [0.2, 0.25) is 5.76 Å². The molecule has 2 aromatic rings. The van der Waals surface area contributed by atoms with Crippen LogP contribution in [0.25, 0.3) is 11.5 Å². The zero-order chi connectivity index (χ0) is 13.1. The molecule has 1 aliphatic heterocycles. The molecule has 0 spiro atoms. The average molecular weight is 298 g/mol. The Morgan fingerprint density at radius 2 is 2.15 bits per heavy atom. The summed E-state index contributed by atoms with van der Waals surface area (Å²) >= 11 is 0. The number of nitrogens with one attached hydrogen (secondary N) is 2. The average Bonchev–Trinajstić information content (AvgIpc) is 3.11. The number of carbonyl (C=O) groups excluding carboxylic acids is 1. The van der Waals surface area contributed by atoms with E-state index in [9.17, 15) is 4.79 Å². The maximum Gasteiger partial charge on any atom is 0.273 e. The van der Waals surface area contributed by atoms with Crippen LogP contribution in [-0.4, -0.2) is 30.2 Å². The number of hydrogen-bond acceptors (Lipinski definition) is 5. The normalized spacial score (nSPS) is 15.6. The van der Waals surface area contributed by atoms with E-state index in [0.29, 0.717) is 11.5 Å². The number of furan rings is 1. The second-order valence-electron chi connectivity index (χ2n) is 4.55. The second kappa shape index (κ2) is 6.58. The number of amides is 1. The molecule has 0 aliphatic carbocycles. The third-order valence-electron chi connectivity index (χ3n) is 3.18. The molecule has 0 aromatic carbocycles. The highest BCUT2D eigenvalue weighted by Gasteiger charge is 2.19. The Hall–Kier alpha value is -1.79. The van der Waals surface area contributed by atoms with Crippen molar-refractivity contribution in [1.82, 2.24) is 15.8 Å². The SMILES string of the molecule is Cl.O=C(NC1CCNCC1)c1cc(-c2ccco2)on1. The Balaban J connectivity index is 0.00000147. The van der Waals surface area contributed by atoms with Gasteiger partial charge < -0.3 is 19.6 Å². The second-order valence-corrected chi connectivity index (χ2v) is 4.55. The summed E-state index contributed by atoms with van der Waals surface area (Å²) < 4.78 is 10.3. The van der Waals surface area contributed by atoms with Crippen molar-refractivity contribution in [1.29, 1.82) is 0 Å². The minimum absolute atomic E-state index is 0. The molecule has 108 valence electrons. The third kappa shape index (κ3) is 3.20. The number of hydrogen-bond donors (Lipinski definition) is 2. The maximum absolute atomic E-state index is 12.0. The number of rotatable bonds is 3. The Morgan fingerprint density at radius 1 is 1.35 bits per heavy atom. The van der Waals surface area contributed by atoms with Crippen molar-refractivity contribution >= 4 is 18.3 Å². The van der Waals surface area contributed by atoms with Crippen LogP contribution in [0.5, 0.6) is 0 Å². The molecule has 7 heteroatoms. The molecule has 2 N–H and O–H groups in total. The van der Waals surface area contributed by atoms with E-state index in [1.54, 1.807) is 24.5 Å². The summed E-state index contributed by atoms with van der Waals surface area (Å²) in [6, 6.07) is 5.31. The van der Waals surface area contributed by atoms with E-state index in [4.69, 9.17) is 8.94 Å². The van der Waals surface area contributed by atoms with Gasteiger partial charge in [-0.05, 0) is 38.1 Å². The van der Waals surface area contributed by atoms with Crippen molar-refractivity contribution in [3.8, 4) is 11.5 Å². The zero-order valence-corrected chi connectivity index (χ0v) is 11.6. The van der Waals surface area contributed by atoms with Gasteiger partial charge in [-0.25, -0.2) is 0 Å². The highest BCUT2D eigenvalue weighted by molar-refractivity contribution is 5.93. The molecule has 0 radical (unpaired) electrons. The van der Waals surface area contributed by atoms with Crippen LogP contribution in [0.1, 0.15) is 23.3 Å². The highest BCUT2D eigenvalue weighted by atomic mass is 35.5. The molecule has 3 heterocycles. The minimum Gasteiger partial charge on any atom is -0.461 e. The van der Waals surface area contributed by atoms with Crippen LogP contribution in [0.2, 0.25) is 0 Å². The summed E-state index contributed by atoms with van der Waals surface area (Å²) in [4.78, 5) is 12.0. The van der Waals surface area contributed by atoms with Crippen LogP contribution in [0.15, 0.2) is 33.4 Å². The lowest BCUT2D eigenvalue weighted by atomic mass is 10.1. The molecule has 6 nitrogen and oxygen atoms in total. The monoisotopic (exact) mass is 297 g/mol. The van der Waals surface area contributed by atoms with Gasteiger partial charge in [0.05, 0.1) is 6.26 Å². The standard InChI is InChI=1S/C13H15N3O3.ClH/c17-13(15-9-3-5-14-6-4-9)10-8-12(19-16-10)11-2-1-7-18-11;/h1-2,7-9,14H,3-6H2,(H,15,17);1H. The van der Waals surface area contributed by atoms with Gasteiger partial charge in [-0.1, -0.05) is 5.16 Å². The van der Waals surface area contributed by atoms with Gasteiger partial charge in [0.25, 0.3) is 5.91 Å². The van der Waals surface area contributed by atoms with Crippen molar-refractivity contribution in [2.45, 2.75) is 18.9 Å². The Morgan fingerprint density at radius 3 is 2.85 bits per heavy atom. The fraction of sp³-hybridized carbons (Fsp3) is 0.385. The molecule has 0 saturated carbocycles. The topological polar surface area (TPSA) is 80.3 Å². The van der Waals surface area contributed by atoms with Gasteiger partial charge in [-0.3, -0.25) is 4.79 Å². The Bertz CT molecular complexity index is 547. The predicted molar refractivity (Wildman–Crippen MR) is 74.8 cm³/mol. The molecule has 0 atom stereocenters. The predicted octanol–water partition coefficient (Wildman–Crippen LogP) is 1.84. The summed E-state index contributed by atoms with van der Waals surface area (Å²) in [5, 5.41) is 9.99. The maximum atomic E-state index is 12.0. The molecule has 20 heavy (non-hydrogen) atoms. The molecular formula is C13H16ClN3O3. The molecule has 3 rings (SSSR count). The van der Waals surface area contributed by atoms with Crippen molar-refractivity contribution in [2.24, 2.45) is 0 Å². The molecule has 0 unspecified atom stereocenters. The molecule has 1 saturated heterocycles. The number of aromatic nitrogens is 1. The summed E-state index contributed by atoms with van der Waals surface area (Å²) in [5.74, 6) is 0.822. The highest BCUT2D eigenvalue weighted by Crippen LogP contribution is 2.20. The van der Waals surface area contributed by atoms with E-state index < -0.39 is 0 Å². The van der Waals surface area contributed by atoms with E-state index in [2.05, 4.69) is 15.8 Å².